The summed E-state index contributed by atoms with van der Waals surface area (Å²) in [6.07, 6.45) is 0. The molecule has 0 spiro atoms. The van der Waals surface area contributed by atoms with Crippen molar-refractivity contribution in [2.75, 3.05) is 0 Å². The Morgan fingerprint density at radius 3 is 2.05 bits per heavy atom. The molecule has 2 nitrogen and oxygen atoms in total. The van der Waals surface area contributed by atoms with Crippen LogP contribution in [0.4, 0.5) is 0 Å². The molecule has 20 heavy (non-hydrogen) atoms. The number of carboxylic acid groups (broad SMARTS) is 1. The average Bonchev–Trinajstić information content (AvgIpc) is 3.14. The van der Waals surface area contributed by atoms with Crippen LogP contribution in [0.1, 0.15) is 10.4 Å². The summed E-state index contributed by atoms with van der Waals surface area (Å²) in [5.74, 6) is -0.887. The van der Waals surface area contributed by atoms with Crippen LogP contribution in [0.3, 0.4) is 0 Å². The van der Waals surface area contributed by atoms with Crippen LogP contribution in [0.2, 0.25) is 0 Å². The first-order valence-corrected chi connectivity index (χ1v) is 6.00. The maximum absolute atomic E-state index is 10.9. The van der Waals surface area contributed by atoms with Crippen molar-refractivity contribution in [2.45, 2.75) is 0 Å². The summed E-state index contributed by atoms with van der Waals surface area (Å²) in [6, 6.07) is 24.6. The Balaban J connectivity index is 0.000000283. The minimum atomic E-state index is -0.887. The van der Waals surface area contributed by atoms with Gasteiger partial charge < -0.3 is 5.11 Å². The molecule has 3 aromatic carbocycles. The van der Waals surface area contributed by atoms with Crippen LogP contribution in [0.5, 0.6) is 0 Å². The van der Waals surface area contributed by atoms with Gasteiger partial charge in [-0.05, 0) is 0 Å². The Morgan fingerprint density at radius 2 is 1.55 bits per heavy atom. The monoisotopic (exact) mass is 306 g/mol. The third kappa shape index (κ3) is 4.23. The van der Waals surface area contributed by atoms with E-state index < -0.39 is 5.97 Å². The largest absolute Gasteiger partial charge is 0.483 e. The first-order chi connectivity index (χ1) is 9.29. The third-order valence-electron chi connectivity index (χ3n) is 2.69. The molecular formula is C17H14FeO2-2. The second-order valence-corrected chi connectivity index (χ2v) is 3.99. The van der Waals surface area contributed by atoms with Crippen molar-refractivity contribution in [3.8, 4) is 11.1 Å². The summed E-state index contributed by atoms with van der Waals surface area (Å²) in [6.45, 7) is 0. The fourth-order valence-electron chi connectivity index (χ4n) is 1.80. The number of aromatic carboxylic acids is 1. The molecule has 0 aliphatic rings. The molecule has 3 rings (SSSR count). The maximum atomic E-state index is 10.9. The fraction of sp³-hybridized carbons (Fsp3) is 0. The van der Waals surface area contributed by atoms with E-state index in [0.29, 0.717) is 5.56 Å². The molecule has 0 radical (unpaired) electrons. The molecule has 0 saturated carbocycles. The van der Waals surface area contributed by atoms with Gasteiger partial charge in [0.25, 0.3) is 0 Å². The number of rotatable bonds is 2. The van der Waals surface area contributed by atoms with Crippen LogP contribution in [0.15, 0.2) is 78.9 Å². The van der Waals surface area contributed by atoms with Gasteiger partial charge in [0.15, 0.2) is 0 Å². The molecule has 3 heteroatoms. The Morgan fingerprint density at radius 1 is 0.950 bits per heavy atom. The van der Waals surface area contributed by atoms with Gasteiger partial charge in [-0.1, -0.05) is 23.8 Å². The molecule has 0 unspecified atom stereocenters. The van der Waals surface area contributed by atoms with E-state index in [-0.39, 0.29) is 17.1 Å². The van der Waals surface area contributed by atoms with Gasteiger partial charge in [0.05, 0.1) is 0 Å². The summed E-state index contributed by atoms with van der Waals surface area (Å²) < 4.78 is 0. The second-order valence-electron chi connectivity index (χ2n) is 3.99. The fourth-order valence-corrected chi connectivity index (χ4v) is 1.80. The van der Waals surface area contributed by atoms with Gasteiger partial charge in [-0.25, -0.2) is 12.1 Å². The quantitative estimate of drug-likeness (QED) is 0.570. The number of carbonyl (C=O) groups is 1. The zero-order valence-electron chi connectivity index (χ0n) is 10.7. The average molecular weight is 306 g/mol. The van der Waals surface area contributed by atoms with E-state index >= 15 is 0 Å². The van der Waals surface area contributed by atoms with E-state index in [4.69, 9.17) is 5.11 Å². The Bertz CT molecular complexity index is 593. The number of benzene rings is 1. The zero-order chi connectivity index (χ0) is 13.5. The Hall–Kier alpha value is -2.09. The molecule has 3 aromatic rings. The molecule has 0 saturated heterocycles. The summed E-state index contributed by atoms with van der Waals surface area (Å²) in [5.41, 5.74) is 2.06. The summed E-state index contributed by atoms with van der Waals surface area (Å²) in [7, 11) is 0. The van der Waals surface area contributed by atoms with Crippen LogP contribution >= 0.6 is 0 Å². The van der Waals surface area contributed by atoms with Crippen molar-refractivity contribution in [1.82, 2.24) is 0 Å². The summed E-state index contributed by atoms with van der Waals surface area (Å²) >= 11 is 0. The first kappa shape index (κ1) is 16.0. The molecule has 0 aromatic heterocycles. The molecule has 0 amide bonds. The standard InChI is InChI=1S/C12H9O2.C5H5.Fe/c13-12(14)11-8-4-3-7-10(11)9-5-1-2-6-9;1-2-4-5-3-1;/h1-8H,(H,13,14);1-5H;/q2*-1;. The number of hydrogen-bond acceptors (Lipinski definition) is 1. The van der Waals surface area contributed by atoms with E-state index in [1.807, 2.05) is 66.7 Å². The van der Waals surface area contributed by atoms with Crippen LogP contribution in [0, 0.1) is 0 Å². The summed E-state index contributed by atoms with van der Waals surface area (Å²) in [5, 5.41) is 8.96. The van der Waals surface area contributed by atoms with Crippen molar-refractivity contribution in [3.05, 3.63) is 84.4 Å². The van der Waals surface area contributed by atoms with E-state index in [0.717, 1.165) is 11.1 Å². The normalized spacial score (nSPS) is 9.00. The summed E-state index contributed by atoms with van der Waals surface area (Å²) in [4.78, 5) is 10.9. The van der Waals surface area contributed by atoms with Crippen molar-refractivity contribution in [2.24, 2.45) is 0 Å². The van der Waals surface area contributed by atoms with Crippen molar-refractivity contribution >= 4 is 5.97 Å². The first-order valence-electron chi connectivity index (χ1n) is 6.00. The number of carboxylic acids is 1. The maximum Gasteiger partial charge on any atom is 0.301 e. The molecule has 0 heterocycles. The van der Waals surface area contributed by atoms with E-state index in [9.17, 15) is 4.79 Å². The van der Waals surface area contributed by atoms with Crippen molar-refractivity contribution < 1.29 is 27.0 Å². The molecule has 104 valence electrons. The van der Waals surface area contributed by atoms with E-state index in [1.54, 1.807) is 12.1 Å². The van der Waals surface area contributed by atoms with Crippen LogP contribution in [-0.4, -0.2) is 11.1 Å². The van der Waals surface area contributed by atoms with E-state index in [1.165, 1.54) is 0 Å². The zero-order valence-corrected chi connectivity index (χ0v) is 11.8. The Labute approximate surface area is 128 Å². The second kappa shape index (κ2) is 8.15. The van der Waals surface area contributed by atoms with Gasteiger partial charge >= 0.3 is 5.97 Å². The topological polar surface area (TPSA) is 37.3 Å². The molecule has 0 fully saturated rings. The number of hydrogen-bond donors (Lipinski definition) is 1. The van der Waals surface area contributed by atoms with Crippen LogP contribution in [0.25, 0.3) is 11.1 Å². The molecule has 0 bridgehead atoms. The SMILES string of the molecule is O=C(O)c1ccccc1-[c-]1cccc1.[Fe].c1cc[cH-]c1. The van der Waals surface area contributed by atoms with Gasteiger partial charge in [-0.3, -0.25) is 4.79 Å². The van der Waals surface area contributed by atoms with Crippen LogP contribution in [-0.2, 0) is 17.1 Å². The molecule has 1 N–H and O–H groups in total. The van der Waals surface area contributed by atoms with Gasteiger partial charge in [-0.15, -0.1) is 23.8 Å². The predicted molar refractivity (Wildman–Crippen MR) is 76.5 cm³/mol. The van der Waals surface area contributed by atoms with Gasteiger partial charge in [-0.2, -0.15) is 30.3 Å². The smallest absolute Gasteiger partial charge is 0.301 e. The van der Waals surface area contributed by atoms with E-state index in [2.05, 4.69) is 0 Å². The Kier molecular flexibility index (Phi) is 6.51. The molecule has 0 aliphatic heterocycles. The third-order valence-corrected chi connectivity index (χ3v) is 2.69. The minimum Gasteiger partial charge on any atom is -0.483 e. The van der Waals surface area contributed by atoms with Gasteiger partial charge in [0.2, 0.25) is 0 Å². The molecule has 0 atom stereocenters. The van der Waals surface area contributed by atoms with Gasteiger partial charge in [0.1, 0.15) is 0 Å². The molecular weight excluding hydrogens is 292 g/mol. The van der Waals surface area contributed by atoms with Gasteiger partial charge in [0, 0.05) is 22.6 Å². The van der Waals surface area contributed by atoms with Crippen molar-refractivity contribution in [1.29, 1.82) is 0 Å². The van der Waals surface area contributed by atoms with Crippen molar-refractivity contribution in [3.63, 3.8) is 0 Å². The van der Waals surface area contributed by atoms with Crippen LogP contribution < -0.4 is 0 Å². The molecule has 0 aliphatic carbocycles. The minimum absolute atomic E-state index is 0. The predicted octanol–water partition coefficient (Wildman–Crippen LogP) is 4.17.